The van der Waals surface area contributed by atoms with Crippen LogP contribution in [0.3, 0.4) is 0 Å². The highest BCUT2D eigenvalue weighted by Gasteiger charge is 2.12. The molecule has 24 heavy (non-hydrogen) atoms. The second-order valence-corrected chi connectivity index (χ2v) is 7.28. The summed E-state index contributed by atoms with van der Waals surface area (Å²) in [6.07, 6.45) is 5.03. The molecule has 2 aliphatic heterocycles. The molecule has 0 saturated heterocycles. The molecule has 2 nitrogen and oxygen atoms in total. The fourth-order valence-corrected chi connectivity index (χ4v) is 3.71. The molecular formula is C20H20ClNOS. The molecule has 0 atom stereocenters. The van der Waals surface area contributed by atoms with Gasteiger partial charge in [0.1, 0.15) is 0 Å². The minimum atomic E-state index is 0.0393. The predicted octanol–water partition coefficient (Wildman–Crippen LogP) is 5.36. The molecule has 0 radical (unpaired) electrons. The van der Waals surface area contributed by atoms with Crippen LogP contribution in [0.5, 0.6) is 0 Å². The quantitative estimate of drug-likeness (QED) is 0.801. The van der Waals surface area contributed by atoms with Gasteiger partial charge in [-0.3, -0.25) is 4.79 Å². The summed E-state index contributed by atoms with van der Waals surface area (Å²) in [4.78, 5) is 13.1. The zero-order valence-corrected chi connectivity index (χ0v) is 15.0. The molecule has 0 aromatic heterocycles. The van der Waals surface area contributed by atoms with Crippen molar-refractivity contribution in [1.29, 1.82) is 0 Å². The number of nitrogens with one attached hydrogen (secondary N) is 1. The van der Waals surface area contributed by atoms with Crippen molar-refractivity contribution >= 4 is 29.3 Å². The second kappa shape index (κ2) is 8.41. The predicted molar refractivity (Wildman–Crippen MR) is 101 cm³/mol. The molecule has 5 rings (SSSR count). The maximum atomic E-state index is 11.7. The average molecular weight is 358 g/mol. The van der Waals surface area contributed by atoms with Gasteiger partial charge in [0.05, 0.1) is 0 Å². The molecule has 0 fully saturated rings. The maximum Gasteiger partial charge on any atom is 0.247 e. The topological polar surface area (TPSA) is 29.1 Å². The van der Waals surface area contributed by atoms with Crippen molar-refractivity contribution in [2.45, 2.75) is 36.5 Å². The number of allylic oxidation sites excluding steroid dienone is 1. The third-order valence-corrected chi connectivity index (χ3v) is 5.51. The van der Waals surface area contributed by atoms with Gasteiger partial charge in [-0.05, 0) is 48.6 Å². The van der Waals surface area contributed by atoms with Crippen LogP contribution in [0.15, 0.2) is 65.1 Å². The molecule has 0 saturated carbocycles. The summed E-state index contributed by atoms with van der Waals surface area (Å²) >= 11 is 7.92. The van der Waals surface area contributed by atoms with E-state index >= 15 is 0 Å². The van der Waals surface area contributed by atoms with E-state index in [4.69, 9.17) is 11.6 Å². The third-order valence-electron chi connectivity index (χ3n) is 4.06. The summed E-state index contributed by atoms with van der Waals surface area (Å²) in [5.74, 6) is 1.22. The van der Waals surface area contributed by atoms with Crippen molar-refractivity contribution in [3.8, 4) is 0 Å². The van der Waals surface area contributed by atoms with Gasteiger partial charge in [0.15, 0.2) is 0 Å². The van der Waals surface area contributed by atoms with Gasteiger partial charge in [-0.1, -0.05) is 48.0 Å². The highest BCUT2D eigenvalue weighted by molar-refractivity contribution is 7.98. The highest BCUT2D eigenvalue weighted by Crippen LogP contribution is 2.28. The van der Waals surface area contributed by atoms with Gasteiger partial charge in [0.25, 0.3) is 0 Å². The number of rotatable bonds is 3. The molecule has 124 valence electrons. The minimum absolute atomic E-state index is 0.0393. The van der Waals surface area contributed by atoms with Crippen LogP contribution in [0.2, 0.25) is 5.02 Å². The van der Waals surface area contributed by atoms with Gasteiger partial charge in [-0.15, -0.1) is 11.8 Å². The monoisotopic (exact) mass is 357 g/mol. The SMILES string of the molecule is O=C(NCc1ccccc1Cl)C1=CCCC1.c1cc2ccc1CS2. The maximum absolute atomic E-state index is 11.7. The van der Waals surface area contributed by atoms with E-state index in [0.29, 0.717) is 11.6 Å². The van der Waals surface area contributed by atoms with E-state index in [9.17, 15) is 4.79 Å². The van der Waals surface area contributed by atoms with Crippen molar-refractivity contribution in [2.75, 3.05) is 0 Å². The van der Waals surface area contributed by atoms with Gasteiger partial charge in [0.2, 0.25) is 5.91 Å². The lowest BCUT2D eigenvalue weighted by molar-refractivity contribution is -0.117. The first-order valence-electron chi connectivity index (χ1n) is 8.15. The van der Waals surface area contributed by atoms with E-state index in [1.165, 1.54) is 16.2 Å². The van der Waals surface area contributed by atoms with Crippen LogP contribution in [0, 0.1) is 0 Å². The second-order valence-electron chi connectivity index (χ2n) is 5.83. The molecule has 2 aromatic carbocycles. The Morgan fingerprint density at radius 3 is 2.42 bits per heavy atom. The summed E-state index contributed by atoms with van der Waals surface area (Å²) in [7, 11) is 0. The van der Waals surface area contributed by atoms with Crippen LogP contribution in [-0.2, 0) is 17.1 Å². The van der Waals surface area contributed by atoms with Gasteiger partial charge < -0.3 is 5.32 Å². The molecule has 2 bridgehead atoms. The number of hydrogen-bond donors (Lipinski definition) is 1. The van der Waals surface area contributed by atoms with E-state index in [0.717, 1.165) is 30.4 Å². The first kappa shape index (κ1) is 17.1. The van der Waals surface area contributed by atoms with E-state index in [2.05, 4.69) is 29.6 Å². The van der Waals surface area contributed by atoms with Crippen LogP contribution in [0.1, 0.15) is 30.4 Å². The average Bonchev–Trinajstić information content (AvgIpc) is 3.18. The highest BCUT2D eigenvalue weighted by atomic mass is 35.5. The molecule has 0 spiro atoms. The number of amides is 1. The molecule has 3 aliphatic rings. The molecule has 4 heteroatoms. The van der Waals surface area contributed by atoms with Crippen molar-refractivity contribution in [2.24, 2.45) is 0 Å². The van der Waals surface area contributed by atoms with Crippen molar-refractivity contribution in [3.63, 3.8) is 0 Å². The van der Waals surface area contributed by atoms with Crippen LogP contribution >= 0.6 is 23.4 Å². The van der Waals surface area contributed by atoms with Gasteiger partial charge in [-0.25, -0.2) is 0 Å². The molecular weight excluding hydrogens is 338 g/mol. The Labute approximate surface area is 152 Å². The fraction of sp³-hybridized carbons (Fsp3) is 0.250. The van der Waals surface area contributed by atoms with Gasteiger partial charge in [0, 0.05) is 27.8 Å². The van der Waals surface area contributed by atoms with Crippen LogP contribution in [-0.4, -0.2) is 5.91 Å². The lowest BCUT2D eigenvalue weighted by Crippen LogP contribution is -2.23. The third kappa shape index (κ3) is 4.65. The summed E-state index contributed by atoms with van der Waals surface area (Å²) in [5, 5.41) is 3.59. The number of fused-ring (bicyclic) bond motifs is 3. The fourth-order valence-electron chi connectivity index (χ4n) is 2.66. The molecule has 2 aromatic rings. The number of benzene rings is 2. The zero-order chi connectivity index (χ0) is 16.8. The van der Waals surface area contributed by atoms with E-state index in [1.54, 1.807) is 0 Å². The first-order chi connectivity index (χ1) is 11.7. The summed E-state index contributed by atoms with van der Waals surface area (Å²) in [6, 6.07) is 16.3. The van der Waals surface area contributed by atoms with E-state index in [-0.39, 0.29) is 5.91 Å². The summed E-state index contributed by atoms with van der Waals surface area (Å²) < 4.78 is 0. The minimum Gasteiger partial charge on any atom is -0.348 e. The number of thioether (sulfide) groups is 1. The summed E-state index contributed by atoms with van der Waals surface area (Å²) in [5.41, 5.74) is 3.31. The lowest BCUT2D eigenvalue weighted by atomic mass is 10.2. The lowest BCUT2D eigenvalue weighted by Gasteiger charge is -2.08. The Morgan fingerprint density at radius 1 is 1.12 bits per heavy atom. The number of hydrogen-bond acceptors (Lipinski definition) is 2. The Kier molecular flexibility index (Phi) is 6.00. The Hall–Kier alpha value is -1.71. The largest absolute Gasteiger partial charge is 0.348 e. The van der Waals surface area contributed by atoms with E-state index in [1.807, 2.05) is 42.1 Å². The molecule has 1 N–H and O–H groups in total. The molecule has 1 amide bonds. The first-order valence-corrected chi connectivity index (χ1v) is 9.51. The van der Waals surface area contributed by atoms with Crippen LogP contribution in [0.25, 0.3) is 0 Å². The van der Waals surface area contributed by atoms with E-state index < -0.39 is 0 Å². The van der Waals surface area contributed by atoms with Crippen LogP contribution in [0.4, 0.5) is 0 Å². The van der Waals surface area contributed by atoms with Crippen molar-refractivity contribution in [3.05, 3.63) is 76.3 Å². The Bertz CT molecular complexity index is 717. The number of carbonyl (C=O) groups excluding carboxylic acids is 1. The van der Waals surface area contributed by atoms with Crippen LogP contribution < -0.4 is 5.32 Å². The number of carbonyl (C=O) groups is 1. The van der Waals surface area contributed by atoms with Gasteiger partial charge in [-0.2, -0.15) is 0 Å². The molecule has 0 unspecified atom stereocenters. The normalized spacial score (nSPS) is 14.6. The zero-order valence-electron chi connectivity index (χ0n) is 13.4. The van der Waals surface area contributed by atoms with Crippen molar-refractivity contribution in [1.82, 2.24) is 5.32 Å². The summed E-state index contributed by atoms with van der Waals surface area (Å²) in [6.45, 7) is 0.496. The standard InChI is InChI=1S/C13H14ClNO.C7H6S/c14-12-8-4-3-7-11(12)9-15-13(16)10-5-1-2-6-10;1-3-7-4-2-6(1)5-8-7/h3-5,7-8H,1-2,6,9H2,(H,15,16);1-4H,5H2. The Morgan fingerprint density at radius 2 is 1.92 bits per heavy atom. The van der Waals surface area contributed by atoms with Gasteiger partial charge >= 0.3 is 0 Å². The smallest absolute Gasteiger partial charge is 0.247 e. The Balaban J connectivity index is 0.000000175. The number of halogens is 1. The van der Waals surface area contributed by atoms with Crippen molar-refractivity contribution < 1.29 is 4.79 Å². The molecule has 1 aliphatic carbocycles. The molecule has 2 heterocycles.